The van der Waals surface area contributed by atoms with Crippen LogP contribution in [0, 0.1) is 0 Å². The highest BCUT2D eigenvalue weighted by Crippen LogP contribution is 2.45. The highest BCUT2D eigenvalue weighted by atomic mass is 31.2. The van der Waals surface area contributed by atoms with E-state index < -0.39 is 91.5 Å². The minimum atomic E-state index is -4.95. The molecule has 0 aliphatic heterocycles. The monoisotopic (exact) mass is 1820 g/mol. The molecule has 0 aromatic rings. The second-order valence-corrected chi connectivity index (χ2v) is 37.5. The molecule has 0 aromatic carbocycles. The third kappa shape index (κ3) is 102. The Morgan fingerprint density at radius 3 is 0.661 bits per heavy atom. The zero-order chi connectivity index (χ0) is 92.1. The normalized spacial score (nSPS) is 14.3. The van der Waals surface area contributed by atoms with E-state index in [1.54, 1.807) is 0 Å². The van der Waals surface area contributed by atoms with Crippen LogP contribution in [-0.2, 0) is 55.8 Å². The van der Waals surface area contributed by atoms with Crippen LogP contribution < -0.4 is 0 Å². The fourth-order valence-electron chi connectivity index (χ4n) is 14.4. The van der Waals surface area contributed by atoms with Crippen molar-refractivity contribution >= 4 is 33.6 Å². The van der Waals surface area contributed by atoms with Gasteiger partial charge in [-0.15, -0.1) is 0 Å². The summed E-state index contributed by atoms with van der Waals surface area (Å²) in [6.07, 6.45) is 130. The number of rotatable bonds is 98. The number of phosphoric ester groups is 2. The van der Waals surface area contributed by atoms with E-state index in [1.807, 2.05) is 0 Å². The molecule has 0 aromatic heterocycles. The summed E-state index contributed by atoms with van der Waals surface area (Å²) < 4.78 is 61.7. The van der Waals surface area contributed by atoms with Gasteiger partial charge in [-0.3, -0.25) is 32.5 Å². The molecule has 16 nitrogen and oxygen atoms in total. The molecule has 18 heteroatoms. The van der Waals surface area contributed by atoms with E-state index in [-0.39, 0.29) is 19.3 Å². The van der Waals surface area contributed by atoms with E-state index in [9.17, 15) is 43.5 Å². The molecule has 0 saturated carbocycles. The van der Waals surface area contributed by atoms with Crippen LogP contribution in [0.25, 0.3) is 0 Å². The van der Waals surface area contributed by atoms with Crippen LogP contribution in [0.5, 0.6) is 0 Å². The predicted molar refractivity (Wildman–Crippen MR) is 537 cm³/mol. The molecule has 0 bridgehead atoms. The van der Waals surface area contributed by atoms with Crippen LogP contribution in [0.1, 0.15) is 457 Å². The van der Waals surface area contributed by atoms with Crippen molar-refractivity contribution in [1.29, 1.82) is 0 Å². The highest BCUT2D eigenvalue weighted by molar-refractivity contribution is 7.47. The number of carbonyl (C=O) groups is 3. The van der Waals surface area contributed by atoms with E-state index in [0.717, 1.165) is 141 Å². The number of esters is 3. The molecule has 0 fully saturated rings. The van der Waals surface area contributed by atoms with E-state index >= 15 is 0 Å². The SMILES string of the molecule is CC/C=C\C/C=C\C/C=C\C/C=C\C/C=C\CCCCCCCCCCCCCC(=O)OC(COC(=O)CCCCCCCCCCCCCCCCC/C=C\C/C=C\C/C=C\C/C=C\CCCCC)COP(=O)(O)OCC(O)COP(=O)(O)OCC(O)COC(=O)CCCCCCCCCCCCCCCCCCC/C=C\C/C=C\C/C=C\C/C=C\CCCCC. The summed E-state index contributed by atoms with van der Waals surface area (Å²) in [7, 11) is -9.82. The van der Waals surface area contributed by atoms with Crippen molar-refractivity contribution in [3.8, 4) is 0 Å². The van der Waals surface area contributed by atoms with Gasteiger partial charge in [0, 0.05) is 19.3 Å². The molecular weight excluding hydrogens is 1630 g/mol. The smallest absolute Gasteiger partial charge is 0.463 e. The lowest BCUT2D eigenvalue weighted by Crippen LogP contribution is -2.30. The quantitative estimate of drug-likeness (QED) is 0.0146. The number of hydrogen-bond acceptors (Lipinski definition) is 14. The highest BCUT2D eigenvalue weighted by Gasteiger charge is 2.30. The summed E-state index contributed by atoms with van der Waals surface area (Å²) >= 11 is 0. The molecule has 0 amide bonds. The number of aliphatic hydroxyl groups is 2. The van der Waals surface area contributed by atoms with E-state index in [0.29, 0.717) is 19.3 Å². The number of unbranched alkanes of at least 4 members (excludes halogenated alkanes) is 49. The Kier molecular flexibility index (Phi) is 96.4. The van der Waals surface area contributed by atoms with Crippen LogP contribution >= 0.6 is 15.6 Å². The summed E-state index contributed by atoms with van der Waals surface area (Å²) in [6.45, 7) is 2.59. The Balaban J connectivity index is 4.59. The largest absolute Gasteiger partial charge is 0.472 e. The first kappa shape index (κ1) is 122. The van der Waals surface area contributed by atoms with E-state index in [1.165, 1.54) is 257 Å². The van der Waals surface area contributed by atoms with Crippen LogP contribution in [0.15, 0.2) is 158 Å². The first-order valence-electron chi connectivity index (χ1n) is 51.8. The average Bonchev–Trinajstić information content (AvgIpc) is 0.901. The van der Waals surface area contributed by atoms with Gasteiger partial charge < -0.3 is 34.2 Å². The van der Waals surface area contributed by atoms with Crippen LogP contribution in [-0.4, -0.2) is 95.9 Å². The number of hydrogen-bond donors (Lipinski definition) is 4. The Bertz CT molecular complexity index is 2940. The van der Waals surface area contributed by atoms with Crippen LogP contribution in [0.2, 0.25) is 0 Å². The summed E-state index contributed by atoms with van der Waals surface area (Å²) in [4.78, 5) is 59.2. The van der Waals surface area contributed by atoms with Crippen molar-refractivity contribution in [2.45, 2.75) is 476 Å². The van der Waals surface area contributed by atoms with Gasteiger partial charge in [0.05, 0.1) is 26.4 Å². The lowest BCUT2D eigenvalue weighted by Gasteiger charge is -2.21. The minimum absolute atomic E-state index is 0.0983. The van der Waals surface area contributed by atoms with Crippen molar-refractivity contribution in [2.75, 3.05) is 39.6 Å². The fourth-order valence-corrected chi connectivity index (χ4v) is 16.0. The molecule has 732 valence electrons. The van der Waals surface area contributed by atoms with Gasteiger partial charge in [0.1, 0.15) is 25.4 Å². The third-order valence-electron chi connectivity index (χ3n) is 22.2. The molecule has 0 aliphatic carbocycles. The first-order chi connectivity index (χ1) is 62.2. The number of carbonyl (C=O) groups excluding carboxylic acids is 3. The van der Waals surface area contributed by atoms with Gasteiger partial charge in [-0.2, -0.15) is 0 Å². The fraction of sp³-hybridized carbons (Fsp3) is 0.734. The molecule has 5 atom stereocenters. The van der Waals surface area contributed by atoms with Gasteiger partial charge in [0.2, 0.25) is 0 Å². The summed E-state index contributed by atoms with van der Waals surface area (Å²) in [5, 5.41) is 20.8. The molecule has 0 saturated heterocycles. The van der Waals surface area contributed by atoms with Gasteiger partial charge >= 0.3 is 33.6 Å². The molecular formula is C109H190O16P2. The van der Waals surface area contributed by atoms with Crippen molar-refractivity contribution in [2.24, 2.45) is 0 Å². The Morgan fingerprint density at radius 2 is 0.417 bits per heavy atom. The van der Waals surface area contributed by atoms with Gasteiger partial charge in [-0.1, -0.05) is 442 Å². The van der Waals surface area contributed by atoms with E-state index in [4.69, 9.17) is 32.3 Å². The summed E-state index contributed by atoms with van der Waals surface area (Å²) in [6, 6.07) is 0. The maximum Gasteiger partial charge on any atom is 0.472 e. The van der Waals surface area contributed by atoms with Gasteiger partial charge in [-0.05, 0) is 154 Å². The van der Waals surface area contributed by atoms with Crippen molar-refractivity contribution in [3.05, 3.63) is 158 Å². The molecule has 0 spiro atoms. The Hall–Kier alpha value is -4.83. The standard InChI is InChI=1S/C109H190O16P2/c1-4-7-10-13-16-19-22-25-28-31-34-37-40-43-46-48-50-51-53-55-57-59-62-65-68-71-74-77-80-83-86-89-92-95-107(112)119-98-104(110)99-121-126(115,116)122-100-105(111)101-123-127(117,118)124-103-106(125-109(114)97-94-91-88-85-82-79-76-73-70-67-64-61-56-45-42-39-36-33-30-27-24-21-18-15-12-9-6-3)102-120-108(113)96-93-90-87-84-81-78-75-72-69-66-63-60-58-54-52-49-47-44-41-38-35-32-29-26-23-20-17-14-11-8-5-2/h9,12,16-21,25-30,34-39,43-47,56,104-106,110-111H,4-8,10-11,13-15,22-24,31-33,40-42,48-55,57-103H2,1-3H3,(H,115,116)(H,117,118)/b12-9-,19-16-,20-17-,21-18-,28-25-,29-26-,30-27-,37-34-,38-35-,39-36-,46-43-,47-44-,56-45-. The summed E-state index contributed by atoms with van der Waals surface area (Å²) in [5.41, 5.74) is 0. The second-order valence-electron chi connectivity index (χ2n) is 34.6. The molecule has 5 unspecified atom stereocenters. The molecule has 0 aliphatic rings. The van der Waals surface area contributed by atoms with Crippen LogP contribution in [0.4, 0.5) is 0 Å². The maximum atomic E-state index is 13.1. The third-order valence-corrected chi connectivity index (χ3v) is 24.1. The topological polar surface area (TPSA) is 231 Å². The molecule has 127 heavy (non-hydrogen) atoms. The van der Waals surface area contributed by atoms with Gasteiger partial charge in [0.15, 0.2) is 6.10 Å². The van der Waals surface area contributed by atoms with Crippen molar-refractivity contribution in [1.82, 2.24) is 0 Å². The molecule has 0 radical (unpaired) electrons. The lowest BCUT2D eigenvalue weighted by molar-refractivity contribution is -0.161. The lowest BCUT2D eigenvalue weighted by atomic mass is 10.0. The number of allylic oxidation sites excluding steroid dienone is 26. The van der Waals surface area contributed by atoms with Crippen LogP contribution in [0.3, 0.4) is 0 Å². The molecule has 0 heterocycles. The van der Waals surface area contributed by atoms with Gasteiger partial charge in [0.25, 0.3) is 0 Å². The summed E-state index contributed by atoms with van der Waals surface area (Å²) in [5.74, 6) is -1.56. The zero-order valence-corrected chi connectivity index (χ0v) is 82.9. The minimum Gasteiger partial charge on any atom is -0.463 e. The number of phosphoric acid groups is 2. The predicted octanol–water partition coefficient (Wildman–Crippen LogP) is 32.8. The first-order valence-corrected chi connectivity index (χ1v) is 54.8. The average molecular weight is 1820 g/mol. The number of ether oxygens (including phenoxy) is 3. The second kappa shape index (κ2) is 100. The Labute approximate surface area is 778 Å². The van der Waals surface area contributed by atoms with Gasteiger partial charge in [-0.25, -0.2) is 9.13 Å². The van der Waals surface area contributed by atoms with Crippen molar-refractivity contribution in [3.63, 3.8) is 0 Å². The Morgan fingerprint density at radius 1 is 0.228 bits per heavy atom. The zero-order valence-electron chi connectivity index (χ0n) is 81.2. The maximum absolute atomic E-state index is 13.1. The van der Waals surface area contributed by atoms with E-state index in [2.05, 4.69) is 179 Å². The molecule has 0 rings (SSSR count). The van der Waals surface area contributed by atoms with Crippen molar-refractivity contribution < 1.29 is 75.8 Å². The number of aliphatic hydroxyl groups excluding tert-OH is 2. The molecule has 4 N–H and O–H groups in total.